The first-order chi connectivity index (χ1) is 15.6. The van der Waals surface area contributed by atoms with Gasteiger partial charge in [0.25, 0.3) is 0 Å². The molecule has 32 heavy (non-hydrogen) atoms. The fourth-order valence-corrected chi connectivity index (χ4v) is 3.07. The number of hydrogen-bond donors (Lipinski definition) is 1. The number of para-hydroxylation sites is 1. The monoisotopic (exact) mass is 431 g/mol. The van der Waals surface area contributed by atoms with Crippen LogP contribution in [0.1, 0.15) is 69.4 Å². The lowest BCUT2D eigenvalue weighted by Gasteiger charge is -2.10. The van der Waals surface area contributed by atoms with Crippen molar-refractivity contribution < 1.29 is 4.79 Å². The summed E-state index contributed by atoms with van der Waals surface area (Å²) in [5.41, 5.74) is 3.15. The minimum absolute atomic E-state index is 0.0712. The van der Waals surface area contributed by atoms with Crippen LogP contribution in [0.5, 0.6) is 0 Å². The van der Waals surface area contributed by atoms with Crippen molar-refractivity contribution in [3.05, 3.63) is 102 Å². The second kappa shape index (κ2) is 18.9. The molecule has 0 spiro atoms. The Hall–Kier alpha value is -2.87. The van der Waals surface area contributed by atoms with Gasteiger partial charge in [-0.05, 0) is 69.9 Å². The van der Waals surface area contributed by atoms with Crippen LogP contribution in [-0.4, -0.2) is 5.91 Å². The van der Waals surface area contributed by atoms with E-state index in [4.69, 9.17) is 0 Å². The van der Waals surface area contributed by atoms with Gasteiger partial charge < -0.3 is 5.32 Å². The molecule has 0 aromatic heterocycles. The van der Waals surface area contributed by atoms with Crippen LogP contribution in [0.15, 0.2) is 91.1 Å². The van der Waals surface area contributed by atoms with Crippen LogP contribution >= 0.6 is 0 Å². The summed E-state index contributed by atoms with van der Waals surface area (Å²) in [4.78, 5) is 12.1. The fourth-order valence-electron chi connectivity index (χ4n) is 3.07. The van der Waals surface area contributed by atoms with Crippen molar-refractivity contribution in [2.45, 2.75) is 72.1 Å². The van der Waals surface area contributed by atoms with Gasteiger partial charge in [-0.25, -0.2) is 0 Å². The van der Waals surface area contributed by atoms with Gasteiger partial charge in [-0.15, -0.1) is 0 Å². The predicted octanol–water partition coefficient (Wildman–Crippen LogP) is 8.72. The van der Waals surface area contributed by atoms with Gasteiger partial charge in [-0.3, -0.25) is 4.79 Å². The topological polar surface area (TPSA) is 29.1 Å². The molecule has 0 fully saturated rings. The molecule has 0 bridgehead atoms. The number of hydrogen-bond acceptors (Lipinski definition) is 1. The summed E-state index contributed by atoms with van der Waals surface area (Å²) in [6.45, 7) is 6.20. The molecule has 0 aliphatic heterocycles. The Morgan fingerprint density at radius 3 is 1.53 bits per heavy atom. The van der Waals surface area contributed by atoms with Crippen LogP contribution in [0.3, 0.4) is 0 Å². The first kappa shape index (κ1) is 27.2. The SMILES string of the molecule is CCC=CCC=CCC=CCC=CCC=CCC=CCCC(=O)Nc1c(C)cccc1C. The van der Waals surface area contributed by atoms with Crippen LogP contribution in [-0.2, 0) is 4.79 Å². The molecule has 172 valence electrons. The number of anilines is 1. The molecule has 1 rings (SSSR count). The number of amides is 1. The lowest BCUT2D eigenvalue weighted by Crippen LogP contribution is -2.12. The molecule has 1 N–H and O–H groups in total. The molecule has 0 heterocycles. The van der Waals surface area contributed by atoms with Crippen LogP contribution < -0.4 is 5.32 Å². The van der Waals surface area contributed by atoms with Gasteiger partial charge in [0.05, 0.1) is 0 Å². The number of carbonyl (C=O) groups is 1. The molecular weight excluding hydrogens is 390 g/mol. The van der Waals surface area contributed by atoms with E-state index in [2.05, 4.69) is 85.2 Å². The van der Waals surface area contributed by atoms with E-state index >= 15 is 0 Å². The second-order valence-corrected chi connectivity index (χ2v) is 7.77. The average Bonchev–Trinajstić information content (AvgIpc) is 2.78. The summed E-state index contributed by atoms with van der Waals surface area (Å²) in [5.74, 6) is 0.0712. The van der Waals surface area contributed by atoms with E-state index in [9.17, 15) is 4.79 Å². The first-order valence-electron chi connectivity index (χ1n) is 11.9. The molecule has 1 aromatic rings. The number of benzene rings is 1. The molecule has 0 atom stereocenters. The largest absolute Gasteiger partial charge is 0.326 e. The third-order valence-electron chi connectivity index (χ3n) is 4.88. The zero-order valence-electron chi connectivity index (χ0n) is 20.2. The van der Waals surface area contributed by atoms with E-state index in [0.29, 0.717) is 6.42 Å². The van der Waals surface area contributed by atoms with Crippen molar-refractivity contribution >= 4 is 11.6 Å². The third kappa shape index (κ3) is 14.2. The highest BCUT2D eigenvalue weighted by molar-refractivity contribution is 5.92. The van der Waals surface area contributed by atoms with Crippen molar-refractivity contribution in [2.24, 2.45) is 0 Å². The molecule has 0 radical (unpaired) electrons. The van der Waals surface area contributed by atoms with E-state index in [1.807, 2.05) is 32.0 Å². The minimum atomic E-state index is 0.0712. The summed E-state index contributed by atoms with van der Waals surface area (Å²) in [6, 6.07) is 6.05. The lowest BCUT2D eigenvalue weighted by atomic mass is 10.1. The Labute approximate surface area is 196 Å². The maximum Gasteiger partial charge on any atom is 0.224 e. The number of nitrogens with one attached hydrogen (secondary N) is 1. The molecule has 1 amide bonds. The van der Waals surface area contributed by atoms with Crippen LogP contribution in [0.4, 0.5) is 5.69 Å². The fraction of sp³-hybridized carbons (Fsp3) is 0.367. The van der Waals surface area contributed by atoms with Gasteiger partial charge in [0.15, 0.2) is 0 Å². The van der Waals surface area contributed by atoms with Gasteiger partial charge in [-0.2, -0.15) is 0 Å². The summed E-state index contributed by atoms with van der Waals surface area (Å²) < 4.78 is 0. The molecule has 0 saturated carbocycles. The highest BCUT2D eigenvalue weighted by atomic mass is 16.1. The van der Waals surface area contributed by atoms with E-state index < -0.39 is 0 Å². The van der Waals surface area contributed by atoms with E-state index in [-0.39, 0.29) is 5.91 Å². The van der Waals surface area contributed by atoms with Crippen molar-refractivity contribution in [3.63, 3.8) is 0 Å². The molecule has 2 heteroatoms. The quantitative estimate of drug-likeness (QED) is 0.276. The molecule has 0 aliphatic rings. The average molecular weight is 432 g/mol. The summed E-state index contributed by atoms with van der Waals surface area (Å²) in [5, 5.41) is 3.03. The van der Waals surface area contributed by atoms with E-state index in [1.165, 1.54) is 0 Å². The highest BCUT2D eigenvalue weighted by Crippen LogP contribution is 2.19. The maximum atomic E-state index is 12.1. The first-order valence-corrected chi connectivity index (χ1v) is 11.9. The number of allylic oxidation sites excluding steroid dienone is 12. The number of carbonyl (C=O) groups excluding carboxylic acids is 1. The predicted molar refractivity (Wildman–Crippen MR) is 142 cm³/mol. The molecule has 0 aliphatic carbocycles. The Balaban J connectivity index is 2.06. The zero-order valence-corrected chi connectivity index (χ0v) is 20.2. The van der Waals surface area contributed by atoms with Crippen LogP contribution in [0.2, 0.25) is 0 Å². The third-order valence-corrected chi connectivity index (χ3v) is 4.88. The van der Waals surface area contributed by atoms with E-state index in [0.717, 1.165) is 61.8 Å². The van der Waals surface area contributed by atoms with Crippen LogP contribution in [0.25, 0.3) is 0 Å². The molecule has 2 nitrogen and oxygen atoms in total. The maximum absolute atomic E-state index is 12.1. The summed E-state index contributed by atoms with van der Waals surface area (Å²) >= 11 is 0. The van der Waals surface area contributed by atoms with Gasteiger partial charge in [0.1, 0.15) is 0 Å². The number of aryl methyl sites for hydroxylation is 2. The van der Waals surface area contributed by atoms with Crippen molar-refractivity contribution in [3.8, 4) is 0 Å². The van der Waals surface area contributed by atoms with E-state index in [1.54, 1.807) is 0 Å². The Kier molecular flexibility index (Phi) is 16.0. The summed E-state index contributed by atoms with van der Waals surface area (Å²) in [7, 11) is 0. The van der Waals surface area contributed by atoms with Gasteiger partial charge in [-0.1, -0.05) is 98.0 Å². The van der Waals surface area contributed by atoms with Crippen molar-refractivity contribution in [1.29, 1.82) is 0 Å². The number of rotatable bonds is 15. The van der Waals surface area contributed by atoms with Crippen molar-refractivity contribution in [1.82, 2.24) is 0 Å². The Morgan fingerprint density at radius 2 is 1.09 bits per heavy atom. The zero-order chi connectivity index (χ0) is 23.3. The summed E-state index contributed by atoms with van der Waals surface area (Å²) in [6.07, 6.45) is 33.5. The minimum Gasteiger partial charge on any atom is -0.326 e. The molecular formula is C30H41NO. The smallest absolute Gasteiger partial charge is 0.224 e. The van der Waals surface area contributed by atoms with Crippen molar-refractivity contribution in [2.75, 3.05) is 5.32 Å². The molecule has 1 aromatic carbocycles. The molecule has 0 saturated heterocycles. The second-order valence-electron chi connectivity index (χ2n) is 7.77. The van der Waals surface area contributed by atoms with Crippen LogP contribution in [0, 0.1) is 13.8 Å². The van der Waals surface area contributed by atoms with Gasteiger partial charge >= 0.3 is 0 Å². The van der Waals surface area contributed by atoms with Gasteiger partial charge in [0.2, 0.25) is 5.91 Å². The normalized spacial score (nSPS) is 12.6. The standard InChI is InChI=1S/C30H41NO/c1-4-5-6-7-8-9-10-11-12-13-14-15-16-17-18-19-20-21-22-26-29(32)31-30-27(2)24-23-25-28(30)3/h5-6,8-9,11-12,14-15,17-18,20-21,23-25H,4,7,10,13,16,19,22,26H2,1-3H3,(H,31,32). The Bertz CT molecular complexity index is 801. The highest BCUT2D eigenvalue weighted by Gasteiger charge is 2.05. The van der Waals surface area contributed by atoms with Gasteiger partial charge in [0, 0.05) is 12.1 Å². The molecule has 0 unspecified atom stereocenters. The lowest BCUT2D eigenvalue weighted by molar-refractivity contribution is -0.116. The Morgan fingerprint density at radius 1 is 0.688 bits per heavy atom.